The van der Waals surface area contributed by atoms with Crippen LogP contribution in [0.4, 0.5) is 28.0 Å². The van der Waals surface area contributed by atoms with E-state index >= 15 is 0 Å². The lowest BCUT2D eigenvalue weighted by Gasteiger charge is -2.32. The topological polar surface area (TPSA) is 65.2 Å². The zero-order valence-electron chi connectivity index (χ0n) is 14.0. The molecule has 0 radical (unpaired) electrons. The number of nitrogens with zero attached hydrogens (tertiary/aromatic N) is 1. The Hall–Kier alpha value is -2.55. The van der Waals surface area contributed by atoms with E-state index < -0.39 is 34.3 Å². The zero-order chi connectivity index (χ0) is 19.9. The van der Waals surface area contributed by atoms with Gasteiger partial charge in [0.1, 0.15) is 5.82 Å². The molecular formula is C17H14ClF4N3O2. The molecule has 3 rings (SSSR count). The molecule has 1 atom stereocenters. The number of nitrogens with one attached hydrogen (secondary N) is 2. The number of carbonyl (C=O) groups is 1. The maximum absolute atomic E-state index is 14.0. The molecule has 10 heteroatoms. The van der Waals surface area contributed by atoms with Gasteiger partial charge in [0.15, 0.2) is 0 Å². The Balaban J connectivity index is 1.81. The van der Waals surface area contributed by atoms with Crippen molar-refractivity contribution >= 4 is 23.3 Å². The molecule has 0 bridgehead atoms. The third-order valence-corrected chi connectivity index (χ3v) is 4.64. The fraction of sp³-hybridized carbons (Fsp3) is 0.294. The number of aromatic amines is 1. The van der Waals surface area contributed by atoms with Crippen molar-refractivity contribution in [2.45, 2.75) is 25.6 Å². The molecule has 1 aromatic heterocycles. The second-order valence-electron chi connectivity index (χ2n) is 6.30. The van der Waals surface area contributed by atoms with Gasteiger partial charge in [-0.15, -0.1) is 0 Å². The van der Waals surface area contributed by atoms with E-state index in [9.17, 15) is 27.2 Å². The van der Waals surface area contributed by atoms with Gasteiger partial charge in [0.05, 0.1) is 16.3 Å². The Morgan fingerprint density at radius 1 is 1.33 bits per heavy atom. The van der Waals surface area contributed by atoms with E-state index in [1.807, 2.05) is 6.92 Å². The molecule has 5 nitrogen and oxygen atoms in total. The van der Waals surface area contributed by atoms with Gasteiger partial charge >= 0.3 is 12.2 Å². The minimum Gasteiger partial charge on any atom is -0.329 e. The van der Waals surface area contributed by atoms with Gasteiger partial charge in [-0.25, -0.2) is 9.18 Å². The number of benzene rings is 1. The second kappa shape index (κ2) is 6.88. The Morgan fingerprint density at radius 3 is 2.70 bits per heavy atom. The van der Waals surface area contributed by atoms with Crippen molar-refractivity contribution in [2.24, 2.45) is 0 Å². The van der Waals surface area contributed by atoms with Crippen LogP contribution in [0, 0.1) is 5.82 Å². The average Bonchev–Trinajstić information content (AvgIpc) is 2.57. The number of carbonyl (C=O) groups excluding carboxylic acids is 1. The molecule has 144 valence electrons. The normalized spacial score (nSPS) is 16.8. The Labute approximate surface area is 155 Å². The predicted molar refractivity (Wildman–Crippen MR) is 91.3 cm³/mol. The number of fused-ring (bicyclic) bond motifs is 1. The molecule has 1 unspecified atom stereocenters. The Kier molecular flexibility index (Phi) is 4.90. The molecule has 2 aromatic rings. The number of rotatable bonds is 1. The summed E-state index contributed by atoms with van der Waals surface area (Å²) in [5.41, 5.74) is -0.469. The monoisotopic (exact) mass is 403 g/mol. The number of hydrogen-bond donors (Lipinski definition) is 2. The molecule has 1 aliphatic heterocycles. The average molecular weight is 404 g/mol. The number of amides is 2. The second-order valence-corrected chi connectivity index (χ2v) is 6.71. The fourth-order valence-corrected chi connectivity index (χ4v) is 3.29. The van der Waals surface area contributed by atoms with Crippen LogP contribution in [0.3, 0.4) is 0 Å². The van der Waals surface area contributed by atoms with E-state index in [-0.39, 0.29) is 30.6 Å². The summed E-state index contributed by atoms with van der Waals surface area (Å²) in [6.07, 6.45) is -3.30. The summed E-state index contributed by atoms with van der Waals surface area (Å²) in [5.74, 6) is -1.38. The Morgan fingerprint density at radius 2 is 2.04 bits per heavy atom. The molecule has 0 spiro atoms. The number of halogens is 5. The lowest BCUT2D eigenvalue weighted by molar-refractivity contribution is -0.137. The summed E-state index contributed by atoms with van der Waals surface area (Å²) in [4.78, 5) is 27.8. The number of alkyl halides is 3. The summed E-state index contributed by atoms with van der Waals surface area (Å²) in [7, 11) is 0. The van der Waals surface area contributed by atoms with E-state index in [4.69, 9.17) is 11.6 Å². The van der Waals surface area contributed by atoms with Crippen molar-refractivity contribution < 1.29 is 22.4 Å². The molecule has 1 aliphatic rings. The van der Waals surface area contributed by atoms with Crippen LogP contribution < -0.4 is 10.9 Å². The molecule has 0 fully saturated rings. The lowest BCUT2D eigenvalue weighted by atomic mass is 9.93. The predicted octanol–water partition coefficient (Wildman–Crippen LogP) is 4.34. The minimum atomic E-state index is -4.80. The van der Waals surface area contributed by atoms with E-state index in [1.165, 1.54) is 17.2 Å². The molecule has 0 saturated carbocycles. The van der Waals surface area contributed by atoms with E-state index in [2.05, 4.69) is 10.3 Å². The first-order valence-corrected chi connectivity index (χ1v) is 8.27. The summed E-state index contributed by atoms with van der Waals surface area (Å²) >= 11 is 5.57. The van der Waals surface area contributed by atoms with Crippen LogP contribution in [0.2, 0.25) is 5.02 Å². The lowest BCUT2D eigenvalue weighted by Crippen LogP contribution is -2.40. The van der Waals surface area contributed by atoms with Crippen LogP contribution >= 0.6 is 11.6 Å². The third kappa shape index (κ3) is 3.92. The van der Waals surface area contributed by atoms with Crippen molar-refractivity contribution in [1.29, 1.82) is 0 Å². The van der Waals surface area contributed by atoms with Gasteiger partial charge in [-0.1, -0.05) is 18.5 Å². The van der Waals surface area contributed by atoms with Crippen molar-refractivity contribution in [3.05, 3.63) is 62.3 Å². The number of hydrogen-bond acceptors (Lipinski definition) is 2. The van der Waals surface area contributed by atoms with Gasteiger partial charge in [0.25, 0.3) is 0 Å². The Bertz CT molecular complexity index is 958. The smallest absolute Gasteiger partial charge is 0.329 e. The van der Waals surface area contributed by atoms with Crippen molar-refractivity contribution in [1.82, 2.24) is 9.88 Å². The first-order chi connectivity index (χ1) is 12.6. The number of aromatic nitrogens is 1. The number of H-pyrrole nitrogens is 1. The van der Waals surface area contributed by atoms with E-state index in [0.717, 1.165) is 17.2 Å². The van der Waals surface area contributed by atoms with Gasteiger partial charge in [0.2, 0.25) is 5.56 Å². The summed E-state index contributed by atoms with van der Waals surface area (Å²) in [6, 6.07) is 1.76. The molecule has 2 amide bonds. The standard InChI is InChI=1S/C17H14ClF4N3O2/c1-8-6-25(7-9-5-23-15(26)2-10(8)9)16(27)24-14-4-12(18)11(3-13(14)19)17(20,21)22/h2-5,8H,6-7H2,1H3,(H,23,26)(H,24,27). The maximum atomic E-state index is 14.0. The summed E-state index contributed by atoms with van der Waals surface area (Å²) in [6.45, 7) is 2.25. The molecule has 0 aliphatic carbocycles. The summed E-state index contributed by atoms with van der Waals surface area (Å²) < 4.78 is 52.3. The third-order valence-electron chi connectivity index (χ3n) is 4.32. The van der Waals surface area contributed by atoms with E-state index in [0.29, 0.717) is 0 Å². The highest BCUT2D eigenvalue weighted by Crippen LogP contribution is 2.37. The van der Waals surface area contributed by atoms with Crippen molar-refractivity contribution in [2.75, 3.05) is 11.9 Å². The van der Waals surface area contributed by atoms with Gasteiger partial charge in [0, 0.05) is 25.4 Å². The number of anilines is 1. The largest absolute Gasteiger partial charge is 0.417 e. The molecule has 2 N–H and O–H groups in total. The van der Waals surface area contributed by atoms with Crippen LogP contribution in [-0.4, -0.2) is 22.5 Å². The minimum absolute atomic E-state index is 0.136. The van der Waals surface area contributed by atoms with Crippen LogP contribution in [0.1, 0.15) is 29.5 Å². The first-order valence-electron chi connectivity index (χ1n) is 7.90. The quantitative estimate of drug-likeness (QED) is 0.696. The zero-order valence-corrected chi connectivity index (χ0v) is 14.7. The molecule has 27 heavy (non-hydrogen) atoms. The molecule has 1 aromatic carbocycles. The number of urea groups is 1. The summed E-state index contributed by atoms with van der Waals surface area (Å²) in [5, 5.41) is 1.54. The van der Waals surface area contributed by atoms with Crippen LogP contribution in [0.5, 0.6) is 0 Å². The molecule has 0 saturated heterocycles. The van der Waals surface area contributed by atoms with Gasteiger partial charge < -0.3 is 15.2 Å². The first kappa shape index (κ1) is 19.2. The maximum Gasteiger partial charge on any atom is 0.417 e. The van der Waals surface area contributed by atoms with E-state index in [1.54, 1.807) is 0 Å². The van der Waals surface area contributed by atoms with Gasteiger partial charge in [-0.2, -0.15) is 13.2 Å². The fourth-order valence-electron chi connectivity index (χ4n) is 3.02. The van der Waals surface area contributed by atoms with Gasteiger partial charge in [-0.05, 0) is 29.2 Å². The van der Waals surface area contributed by atoms with Crippen molar-refractivity contribution in [3.63, 3.8) is 0 Å². The molecule has 2 heterocycles. The number of pyridine rings is 1. The molecular weight excluding hydrogens is 390 g/mol. The highest BCUT2D eigenvalue weighted by Gasteiger charge is 2.34. The van der Waals surface area contributed by atoms with Crippen LogP contribution in [-0.2, 0) is 12.7 Å². The SMILES string of the molecule is CC1CN(C(=O)Nc2cc(Cl)c(C(F)(F)F)cc2F)Cc2c[nH]c(=O)cc21. The van der Waals surface area contributed by atoms with Gasteiger partial charge in [-0.3, -0.25) is 4.79 Å². The van der Waals surface area contributed by atoms with Crippen molar-refractivity contribution in [3.8, 4) is 0 Å². The van der Waals surface area contributed by atoms with Crippen LogP contribution in [0.25, 0.3) is 0 Å². The van der Waals surface area contributed by atoms with Crippen LogP contribution in [0.15, 0.2) is 29.2 Å². The highest BCUT2D eigenvalue weighted by molar-refractivity contribution is 6.31. The highest BCUT2D eigenvalue weighted by atomic mass is 35.5.